The Balaban J connectivity index is 1.10. The Morgan fingerprint density at radius 1 is 0.984 bits per heavy atom. The van der Waals surface area contributed by atoms with E-state index in [1.807, 2.05) is 0 Å². The fourth-order valence-electron chi connectivity index (χ4n) is 6.64. The molecule has 10 atom stereocenters. The van der Waals surface area contributed by atoms with Crippen LogP contribution in [0.2, 0.25) is 0 Å². The Labute approximate surface area is 352 Å². The molecule has 5 aromatic rings. The molecule has 4 aromatic heterocycles. The number of carbonyl (C=O) groups is 2. The number of rotatable bonds is 9. The summed E-state index contributed by atoms with van der Waals surface area (Å²) in [6.45, 7) is -3.58. The summed E-state index contributed by atoms with van der Waals surface area (Å²) in [6.07, 6.45) is -11.7. The van der Waals surface area contributed by atoms with Crippen LogP contribution in [0.1, 0.15) is 43.1 Å². The van der Waals surface area contributed by atoms with E-state index in [9.17, 15) is 23.8 Å². The van der Waals surface area contributed by atoms with Crippen LogP contribution < -0.4 is 16.2 Å². The lowest BCUT2D eigenvalue weighted by molar-refractivity contribution is -0.118. The van der Waals surface area contributed by atoms with Crippen molar-refractivity contribution in [2.75, 3.05) is 30.5 Å². The standard InChI is InChI=1S/C34H35F2N11O12P2S/c1-16(2)29(48)44-34-43-28-23(31(50)45-34)41-15-47(28)33-25-20(35)18(56-33)11-54-60(51,53-10-6-9-37)58-24-19(12-55-61(52,62)59-25)57-32(21(24)36)46-14-40-22-26(38-13-39-27(22)46)42-30(49)17-7-4-3-5-8-17/h3-5,7-8,13-16,18-21,24-25,32-33H,6,10-12H2,1-2H3,(H,52,62)(H,38,39,42,49)(H2,43,44,45,48,50)/t18-,19-,20-,21-,24-,25-,32-,33-,60?,61?/m1/s1. The molecule has 7 heterocycles. The number of carbonyl (C=O) groups excluding carboxylic acids is 2. The number of amides is 2. The van der Waals surface area contributed by atoms with Gasteiger partial charge in [-0.1, -0.05) is 32.0 Å². The predicted molar refractivity (Wildman–Crippen MR) is 211 cm³/mol. The van der Waals surface area contributed by atoms with E-state index in [1.165, 1.54) is 0 Å². The Morgan fingerprint density at radius 3 is 2.44 bits per heavy atom. The molecule has 2 unspecified atom stereocenters. The smallest absolute Gasteiger partial charge is 0.346 e. The Morgan fingerprint density at radius 2 is 1.69 bits per heavy atom. The van der Waals surface area contributed by atoms with E-state index < -0.39 is 107 Å². The molecule has 3 saturated heterocycles. The van der Waals surface area contributed by atoms with Gasteiger partial charge in [-0.3, -0.25) is 51.9 Å². The lowest BCUT2D eigenvalue weighted by atomic mass is 10.1. The fraction of sp³-hybridized carbons (Fsp3) is 0.441. The van der Waals surface area contributed by atoms with Crippen molar-refractivity contribution in [1.82, 2.24) is 39.0 Å². The number of ether oxygens (including phenoxy) is 2. The number of alkyl halides is 2. The monoisotopic (exact) mass is 921 g/mol. The summed E-state index contributed by atoms with van der Waals surface area (Å²) >= 11 is 5.28. The van der Waals surface area contributed by atoms with Crippen molar-refractivity contribution < 1.29 is 59.9 Å². The zero-order valence-corrected chi connectivity index (χ0v) is 34.8. The number of phosphoric acid groups is 1. The van der Waals surface area contributed by atoms with Gasteiger partial charge < -0.3 is 24.2 Å². The molecular formula is C34H35F2N11O12P2S. The van der Waals surface area contributed by atoms with E-state index in [4.69, 9.17) is 49.2 Å². The molecule has 4 N–H and O–H groups in total. The summed E-state index contributed by atoms with van der Waals surface area (Å²) < 4.78 is 89.7. The second-order valence-corrected chi connectivity index (χ2v) is 18.6. The third-order valence-electron chi connectivity index (χ3n) is 9.67. The summed E-state index contributed by atoms with van der Waals surface area (Å²) in [5.74, 6) is -1.75. The maximum absolute atomic E-state index is 16.8. The molecule has 0 aliphatic carbocycles. The van der Waals surface area contributed by atoms with Crippen molar-refractivity contribution in [3.05, 3.63) is 65.2 Å². The lowest BCUT2D eigenvalue weighted by Crippen LogP contribution is -2.34. The van der Waals surface area contributed by atoms with E-state index in [0.717, 1.165) is 28.1 Å². The molecule has 0 radical (unpaired) electrons. The Kier molecular flexibility index (Phi) is 12.4. The summed E-state index contributed by atoms with van der Waals surface area (Å²) in [5, 5.41) is 14.3. The average molecular weight is 922 g/mol. The minimum Gasteiger partial charge on any atom is -0.346 e. The number of benzene rings is 1. The maximum Gasteiger partial charge on any atom is 0.475 e. The summed E-state index contributed by atoms with van der Waals surface area (Å²) in [4.78, 5) is 72.9. The number of phosphoric ester groups is 1. The van der Waals surface area contributed by atoms with Gasteiger partial charge in [0.1, 0.15) is 30.7 Å². The number of nitrogens with one attached hydrogen (secondary N) is 3. The number of aromatic nitrogens is 8. The van der Waals surface area contributed by atoms with Crippen LogP contribution in [0.4, 0.5) is 20.5 Å². The van der Waals surface area contributed by atoms with Gasteiger partial charge in [0.05, 0.1) is 45.0 Å². The van der Waals surface area contributed by atoms with Gasteiger partial charge in [-0.25, -0.2) is 33.3 Å². The van der Waals surface area contributed by atoms with Gasteiger partial charge in [-0.2, -0.15) is 10.2 Å². The van der Waals surface area contributed by atoms with Crippen LogP contribution in [0.5, 0.6) is 0 Å². The Bertz CT molecular complexity index is 2700. The highest BCUT2D eigenvalue weighted by Crippen LogP contribution is 2.57. The first-order valence-corrected chi connectivity index (χ1v) is 22.7. The largest absolute Gasteiger partial charge is 0.475 e. The number of hydrogen-bond donors (Lipinski definition) is 4. The van der Waals surface area contributed by atoms with Crippen molar-refractivity contribution >= 4 is 72.3 Å². The number of imidazole rings is 2. The van der Waals surface area contributed by atoms with Gasteiger partial charge in [-0.05, 0) is 23.9 Å². The third-order valence-corrected chi connectivity index (χ3v) is 12.7. The van der Waals surface area contributed by atoms with Gasteiger partial charge in [0, 0.05) is 11.5 Å². The Hall–Kier alpha value is -5.03. The molecule has 1 aromatic carbocycles. The zero-order valence-electron chi connectivity index (χ0n) is 32.2. The van der Waals surface area contributed by atoms with Crippen molar-refractivity contribution in [3.8, 4) is 6.07 Å². The summed E-state index contributed by atoms with van der Waals surface area (Å²) in [7, 11) is -4.97. The normalized spacial score (nSPS) is 30.3. The van der Waals surface area contributed by atoms with E-state index in [0.29, 0.717) is 5.56 Å². The van der Waals surface area contributed by atoms with Crippen LogP contribution in [0.25, 0.3) is 22.3 Å². The van der Waals surface area contributed by atoms with Crippen molar-refractivity contribution in [2.45, 2.75) is 69.5 Å². The highest BCUT2D eigenvalue weighted by Gasteiger charge is 2.55. The number of aromatic amines is 1. The minimum atomic E-state index is -4.97. The summed E-state index contributed by atoms with van der Waals surface area (Å²) in [5.41, 5.74) is -0.844. The SMILES string of the molecule is CC(C)C(=O)Nc1nc2c(ncn2[C@@H]2O[C@@H]3COP(=O)(OCCC#N)O[C@H]4[C@@H](F)[C@H](n5cnc6c(NC(=O)c7ccccc7)ncnc65)O[C@@H]4COP(O)(=S)O[C@@H]2[C@@H]3F)c(=O)[nH]1. The first kappa shape index (κ1) is 43.6. The number of halogens is 2. The van der Waals surface area contributed by atoms with Crippen LogP contribution in [0, 0.1) is 17.2 Å². The highest BCUT2D eigenvalue weighted by atomic mass is 32.5. The first-order chi connectivity index (χ1) is 29.6. The number of H-pyrrole nitrogens is 1. The highest BCUT2D eigenvalue weighted by molar-refractivity contribution is 8.07. The van der Waals surface area contributed by atoms with Gasteiger partial charge in [0.2, 0.25) is 11.9 Å². The molecule has 3 aliphatic heterocycles. The van der Waals surface area contributed by atoms with E-state index in [1.54, 1.807) is 50.2 Å². The number of hydrogen-bond acceptors (Lipinski definition) is 18. The zero-order chi connectivity index (χ0) is 43.9. The maximum atomic E-state index is 16.8. The van der Waals surface area contributed by atoms with Crippen molar-refractivity contribution in [3.63, 3.8) is 0 Å². The number of nitrogens with zero attached hydrogens (tertiary/aromatic N) is 8. The number of nitriles is 1. The van der Waals surface area contributed by atoms with Gasteiger partial charge in [0.25, 0.3) is 11.5 Å². The van der Waals surface area contributed by atoms with Crippen LogP contribution in [-0.4, -0.2) is 112 Å². The first-order valence-electron chi connectivity index (χ1n) is 18.7. The molecule has 0 saturated carbocycles. The molecule has 3 aliphatic rings. The second kappa shape index (κ2) is 17.6. The van der Waals surface area contributed by atoms with Crippen LogP contribution in [0.15, 0.2) is 54.1 Å². The van der Waals surface area contributed by atoms with Gasteiger partial charge in [0.15, 0.2) is 52.9 Å². The molecule has 28 heteroatoms. The predicted octanol–water partition coefficient (Wildman–Crippen LogP) is 3.35. The molecule has 62 heavy (non-hydrogen) atoms. The van der Waals surface area contributed by atoms with Crippen LogP contribution in [0.3, 0.4) is 0 Å². The molecule has 2 amide bonds. The molecule has 3 fully saturated rings. The van der Waals surface area contributed by atoms with Gasteiger partial charge >= 0.3 is 14.5 Å². The second-order valence-electron chi connectivity index (χ2n) is 14.2. The average Bonchev–Trinajstić information content (AvgIpc) is 4.01. The van der Waals surface area contributed by atoms with E-state index >= 15 is 8.78 Å². The topological polar surface area (TPSA) is 291 Å². The fourth-order valence-corrected chi connectivity index (χ4v) is 9.44. The van der Waals surface area contributed by atoms with Gasteiger partial charge in [-0.15, -0.1) is 0 Å². The molecule has 328 valence electrons. The molecule has 2 bridgehead atoms. The molecule has 23 nitrogen and oxygen atoms in total. The van der Waals surface area contributed by atoms with Crippen LogP contribution in [-0.2, 0) is 53.3 Å². The van der Waals surface area contributed by atoms with E-state index in [2.05, 4.69) is 40.5 Å². The molecule has 8 rings (SSSR count). The van der Waals surface area contributed by atoms with Crippen molar-refractivity contribution in [2.24, 2.45) is 5.92 Å². The van der Waals surface area contributed by atoms with Crippen LogP contribution >= 0.6 is 14.5 Å². The number of anilines is 2. The lowest BCUT2D eigenvalue weighted by Gasteiger charge is -2.27. The molecular weight excluding hydrogens is 886 g/mol. The summed E-state index contributed by atoms with van der Waals surface area (Å²) in [6, 6.07) is 10.1. The minimum absolute atomic E-state index is 0.00210. The van der Waals surface area contributed by atoms with Crippen molar-refractivity contribution in [1.29, 1.82) is 5.26 Å². The molecule has 0 spiro atoms. The quantitative estimate of drug-likeness (QED) is 0.122. The number of fused-ring (bicyclic) bond motifs is 5. The third kappa shape index (κ3) is 8.79. The van der Waals surface area contributed by atoms with E-state index in [-0.39, 0.29) is 40.5 Å².